The van der Waals surface area contributed by atoms with Crippen molar-refractivity contribution >= 4 is 29.4 Å². The predicted molar refractivity (Wildman–Crippen MR) is 88.0 cm³/mol. The summed E-state index contributed by atoms with van der Waals surface area (Å²) < 4.78 is 13.5. The summed E-state index contributed by atoms with van der Waals surface area (Å²) in [7, 11) is 0. The maximum Gasteiger partial charge on any atom is 0.332 e. The second kappa shape index (κ2) is 7.22. The van der Waals surface area contributed by atoms with E-state index in [0.29, 0.717) is 16.9 Å². The molecular formula is C17H16FN3O2. The topological polar surface area (TPSA) is 75.4 Å². The Kier molecular flexibility index (Phi) is 5.09. The fourth-order valence-corrected chi connectivity index (χ4v) is 1.98. The first-order chi connectivity index (χ1) is 11.0. The minimum absolute atomic E-state index is 0.325. The van der Waals surface area contributed by atoms with Crippen molar-refractivity contribution in [2.45, 2.75) is 6.92 Å². The Labute approximate surface area is 133 Å². The number of imide groups is 1. The molecule has 0 bridgehead atoms. The molecule has 2 aromatic carbocycles. The molecule has 0 aliphatic carbocycles. The van der Waals surface area contributed by atoms with Crippen molar-refractivity contribution in [2.75, 3.05) is 10.6 Å². The zero-order valence-corrected chi connectivity index (χ0v) is 12.5. The van der Waals surface area contributed by atoms with Crippen molar-refractivity contribution in [1.29, 1.82) is 0 Å². The number of nitrogen functional groups attached to an aromatic ring is 1. The van der Waals surface area contributed by atoms with Crippen molar-refractivity contribution in [1.82, 2.24) is 5.32 Å². The van der Waals surface area contributed by atoms with E-state index < -0.39 is 17.8 Å². The molecule has 2 rings (SSSR count). The third kappa shape index (κ3) is 4.16. The monoisotopic (exact) mass is 313 g/mol. The van der Waals surface area contributed by atoms with Crippen LogP contribution in [0.4, 0.5) is 20.6 Å². The van der Waals surface area contributed by atoms with Gasteiger partial charge < -0.3 is 11.1 Å². The fraction of sp³-hybridized carbons (Fsp3) is 0.0588. The first-order valence-electron chi connectivity index (χ1n) is 6.87. The number of benzene rings is 2. The van der Waals surface area contributed by atoms with Crippen LogP contribution in [0, 0.1) is 5.82 Å². The number of carbonyl (C=O) groups is 2. The molecule has 0 aliphatic rings. The number of urea groups is 1. The number of rotatable bonds is 3. The summed E-state index contributed by atoms with van der Waals surface area (Å²) in [6.07, 6.45) is 2.69. The van der Waals surface area contributed by atoms with Gasteiger partial charge in [0, 0.05) is 24.4 Å². The van der Waals surface area contributed by atoms with Gasteiger partial charge in [-0.3, -0.25) is 4.79 Å². The summed E-state index contributed by atoms with van der Waals surface area (Å²) in [4.78, 5) is 24.9. The van der Waals surface area contributed by atoms with Crippen LogP contribution >= 0.6 is 0 Å². The Hall–Kier alpha value is -3.15. The standard InChI is InChI=1S/C17H16FN3O2/c1-12(22)21(15-7-4-6-14(19)11-15)17(23)20-10-9-13-5-2-3-8-16(13)18/h2-11H,19H2,1H3,(H,20,23)/b10-9+. The zero-order chi connectivity index (χ0) is 16.8. The second-order valence-corrected chi connectivity index (χ2v) is 4.75. The predicted octanol–water partition coefficient (Wildman–Crippen LogP) is 3.14. The molecule has 0 radical (unpaired) electrons. The Balaban J connectivity index is 2.14. The van der Waals surface area contributed by atoms with Crippen LogP contribution in [-0.4, -0.2) is 11.9 Å². The summed E-state index contributed by atoms with van der Waals surface area (Å²) in [6, 6.07) is 11.9. The highest BCUT2D eigenvalue weighted by Gasteiger charge is 2.19. The van der Waals surface area contributed by atoms with E-state index in [1.54, 1.807) is 36.4 Å². The molecule has 23 heavy (non-hydrogen) atoms. The SMILES string of the molecule is CC(=O)N(C(=O)N/C=C/c1ccccc1F)c1cccc(N)c1. The highest BCUT2D eigenvalue weighted by molar-refractivity contribution is 6.13. The quantitative estimate of drug-likeness (QED) is 0.855. The Morgan fingerprint density at radius 3 is 2.57 bits per heavy atom. The summed E-state index contributed by atoms with van der Waals surface area (Å²) in [5.41, 5.74) is 6.78. The van der Waals surface area contributed by atoms with E-state index in [4.69, 9.17) is 5.73 Å². The number of amides is 3. The lowest BCUT2D eigenvalue weighted by Gasteiger charge is -2.19. The molecule has 0 saturated carbocycles. The van der Waals surface area contributed by atoms with Gasteiger partial charge >= 0.3 is 6.03 Å². The van der Waals surface area contributed by atoms with Crippen LogP contribution in [0.1, 0.15) is 12.5 Å². The van der Waals surface area contributed by atoms with Crippen LogP contribution < -0.4 is 16.0 Å². The molecule has 0 saturated heterocycles. The zero-order valence-electron chi connectivity index (χ0n) is 12.5. The first-order valence-corrected chi connectivity index (χ1v) is 6.87. The minimum atomic E-state index is -0.657. The van der Waals surface area contributed by atoms with Crippen molar-refractivity contribution in [3.8, 4) is 0 Å². The average Bonchev–Trinajstić information content (AvgIpc) is 2.49. The van der Waals surface area contributed by atoms with Crippen molar-refractivity contribution in [3.63, 3.8) is 0 Å². The molecule has 3 amide bonds. The molecular weight excluding hydrogens is 297 g/mol. The van der Waals surface area contributed by atoms with Crippen molar-refractivity contribution < 1.29 is 14.0 Å². The number of nitrogens with two attached hydrogens (primary N) is 1. The van der Waals surface area contributed by atoms with E-state index in [2.05, 4.69) is 5.32 Å². The molecule has 0 aromatic heterocycles. The molecule has 3 N–H and O–H groups in total. The van der Waals surface area contributed by atoms with Gasteiger partial charge in [0.05, 0.1) is 5.69 Å². The number of hydrogen-bond acceptors (Lipinski definition) is 3. The van der Waals surface area contributed by atoms with E-state index in [9.17, 15) is 14.0 Å². The molecule has 0 heterocycles. The molecule has 0 aliphatic heterocycles. The van der Waals surface area contributed by atoms with E-state index in [1.165, 1.54) is 31.3 Å². The summed E-state index contributed by atoms with van der Waals surface area (Å²) in [5.74, 6) is -0.871. The largest absolute Gasteiger partial charge is 0.399 e. The maximum absolute atomic E-state index is 13.5. The molecule has 0 atom stereocenters. The Bertz CT molecular complexity index is 759. The molecule has 5 nitrogen and oxygen atoms in total. The molecule has 118 valence electrons. The van der Waals surface area contributed by atoms with Gasteiger partial charge in [0.1, 0.15) is 5.82 Å². The Morgan fingerprint density at radius 1 is 1.17 bits per heavy atom. The fourth-order valence-electron chi connectivity index (χ4n) is 1.98. The lowest BCUT2D eigenvalue weighted by atomic mass is 10.2. The highest BCUT2D eigenvalue weighted by Crippen LogP contribution is 2.18. The van der Waals surface area contributed by atoms with Gasteiger partial charge in [-0.25, -0.2) is 14.1 Å². The number of carbonyl (C=O) groups excluding carboxylic acids is 2. The third-order valence-corrected chi connectivity index (χ3v) is 3.02. The molecule has 2 aromatic rings. The van der Waals surface area contributed by atoms with Gasteiger partial charge in [-0.1, -0.05) is 24.3 Å². The van der Waals surface area contributed by atoms with Gasteiger partial charge in [-0.15, -0.1) is 0 Å². The van der Waals surface area contributed by atoms with Gasteiger partial charge in [0.25, 0.3) is 0 Å². The van der Waals surface area contributed by atoms with Crippen LogP contribution in [0.3, 0.4) is 0 Å². The van der Waals surface area contributed by atoms with Gasteiger partial charge in [-0.05, 0) is 30.3 Å². The number of hydrogen-bond donors (Lipinski definition) is 2. The van der Waals surface area contributed by atoms with E-state index >= 15 is 0 Å². The van der Waals surface area contributed by atoms with E-state index in [-0.39, 0.29) is 0 Å². The smallest absolute Gasteiger partial charge is 0.332 e. The van der Waals surface area contributed by atoms with Crippen LogP contribution in [0.5, 0.6) is 0 Å². The Morgan fingerprint density at radius 2 is 1.91 bits per heavy atom. The van der Waals surface area contributed by atoms with Crippen molar-refractivity contribution in [2.24, 2.45) is 0 Å². The maximum atomic E-state index is 13.5. The molecule has 0 fully saturated rings. The average molecular weight is 313 g/mol. The lowest BCUT2D eigenvalue weighted by molar-refractivity contribution is -0.115. The minimum Gasteiger partial charge on any atom is -0.399 e. The summed E-state index contributed by atoms with van der Waals surface area (Å²) >= 11 is 0. The van der Waals surface area contributed by atoms with Gasteiger partial charge in [-0.2, -0.15) is 0 Å². The summed E-state index contributed by atoms with van der Waals surface area (Å²) in [6.45, 7) is 1.27. The third-order valence-electron chi connectivity index (χ3n) is 3.02. The molecule has 6 heteroatoms. The highest BCUT2D eigenvalue weighted by atomic mass is 19.1. The van der Waals surface area contributed by atoms with Gasteiger partial charge in [0.15, 0.2) is 0 Å². The summed E-state index contributed by atoms with van der Waals surface area (Å²) in [5, 5.41) is 2.44. The van der Waals surface area contributed by atoms with Crippen LogP contribution in [0.15, 0.2) is 54.7 Å². The normalized spacial score (nSPS) is 10.5. The second-order valence-electron chi connectivity index (χ2n) is 4.75. The number of nitrogens with one attached hydrogen (secondary N) is 1. The van der Waals surface area contributed by atoms with Crippen LogP contribution in [0.25, 0.3) is 6.08 Å². The molecule has 0 spiro atoms. The first kappa shape index (κ1) is 16.2. The lowest BCUT2D eigenvalue weighted by Crippen LogP contribution is -2.41. The van der Waals surface area contributed by atoms with Crippen LogP contribution in [-0.2, 0) is 4.79 Å². The number of nitrogens with zero attached hydrogens (tertiary/aromatic N) is 1. The number of anilines is 2. The van der Waals surface area contributed by atoms with Gasteiger partial charge in [0.2, 0.25) is 5.91 Å². The van der Waals surface area contributed by atoms with E-state index in [0.717, 1.165) is 4.90 Å². The number of halogens is 1. The molecule has 0 unspecified atom stereocenters. The van der Waals surface area contributed by atoms with E-state index in [1.807, 2.05) is 0 Å². The van der Waals surface area contributed by atoms with Crippen molar-refractivity contribution in [3.05, 3.63) is 66.1 Å². The van der Waals surface area contributed by atoms with Crippen LogP contribution in [0.2, 0.25) is 0 Å².